The second-order valence-corrected chi connectivity index (χ2v) is 6.23. The number of aliphatic hydroxyl groups is 1. The molecule has 21 heavy (non-hydrogen) atoms. The van der Waals surface area contributed by atoms with Gasteiger partial charge in [0.1, 0.15) is 12.0 Å². The molecule has 0 aliphatic carbocycles. The normalized spacial score (nSPS) is 30.1. The van der Waals surface area contributed by atoms with Gasteiger partial charge in [-0.3, -0.25) is 4.79 Å². The average Bonchev–Trinajstić information content (AvgIpc) is 2.72. The van der Waals surface area contributed by atoms with E-state index >= 15 is 0 Å². The maximum atomic E-state index is 12.4. The fourth-order valence-electron chi connectivity index (χ4n) is 3.71. The molecule has 1 aromatic carbocycles. The monoisotopic (exact) mass is 289 g/mol. The Labute approximate surface area is 125 Å². The number of piperidine rings is 1. The molecule has 0 saturated carbocycles. The number of hydrogen-bond acceptors (Lipinski definition) is 4. The summed E-state index contributed by atoms with van der Waals surface area (Å²) in [6, 6.07) is 10.5. The molecule has 4 heteroatoms. The fourth-order valence-corrected chi connectivity index (χ4v) is 3.71. The molecule has 3 rings (SSSR count). The third kappa shape index (κ3) is 2.97. The van der Waals surface area contributed by atoms with Crippen LogP contribution < -0.4 is 0 Å². The van der Waals surface area contributed by atoms with E-state index in [1.807, 2.05) is 30.3 Å². The Kier molecular flexibility index (Phi) is 4.27. The second kappa shape index (κ2) is 6.16. The highest BCUT2D eigenvalue weighted by molar-refractivity contribution is 5.78. The summed E-state index contributed by atoms with van der Waals surface area (Å²) in [5.74, 6) is -0.860. The molecule has 2 saturated heterocycles. The smallest absolute Gasteiger partial charge is 0.316 e. The molecule has 1 N–H and O–H groups in total. The maximum absolute atomic E-state index is 12.4. The topological polar surface area (TPSA) is 49.8 Å². The number of fused-ring (bicyclic) bond motifs is 2. The molecule has 4 nitrogen and oxygen atoms in total. The molecule has 4 atom stereocenters. The first-order valence-corrected chi connectivity index (χ1v) is 7.77. The average molecular weight is 289 g/mol. The number of esters is 1. The van der Waals surface area contributed by atoms with Crippen molar-refractivity contribution in [2.45, 2.75) is 49.8 Å². The highest BCUT2D eigenvalue weighted by Gasteiger charge is 2.40. The molecule has 2 aliphatic rings. The summed E-state index contributed by atoms with van der Waals surface area (Å²) in [5.41, 5.74) is 0.820. The fraction of sp³-hybridized carbons (Fsp3) is 0.588. The third-order valence-electron chi connectivity index (χ3n) is 5.01. The Balaban J connectivity index is 1.63. The van der Waals surface area contributed by atoms with E-state index < -0.39 is 5.92 Å². The maximum Gasteiger partial charge on any atom is 0.316 e. The second-order valence-electron chi connectivity index (χ2n) is 6.23. The summed E-state index contributed by atoms with van der Waals surface area (Å²) in [6.45, 7) is -0.206. The molecule has 1 aromatic rings. The lowest BCUT2D eigenvalue weighted by Crippen LogP contribution is -2.43. The summed E-state index contributed by atoms with van der Waals surface area (Å²) < 4.78 is 5.70. The van der Waals surface area contributed by atoms with Crippen molar-refractivity contribution >= 4 is 5.97 Å². The lowest BCUT2D eigenvalue weighted by atomic mass is 9.98. The van der Waals surface area contributed by atoms with Crippen molar-refractivity contribution in [2.24, 2.45) is 0 Å². The van der Waals surface area contributed by atoms with Gasteiger partial charge in [-0.2, -0.15) is 0 Å². The standard InChI is InChI=1S/C17H23NO3/c1-18-13-7-8-14(18)10-15(9-13)21-17(20)16(11-19)12-5-3-2-4-6-12/h2-6,13-16,19H,7-11H2,1H3/t13-,14?,15-,16?/m1/s1. The van der Waals surface area contributed by atoms with Crippen LogP contribution in [0.4, 0.5) is 0 Å². The van der Waals surface area contributed by atoms with Gasteiger partial charge < -0.3 is 14.7 Å². The first-order chi connectivity index (χ1) is 10.2. The van der Waals surface area contributed by atoms with E-state index in [4.69, 9.17) is 4.74 Å². The van der Waals surface area contributed by atoms with E-state index in [2.05, 4.69) is 11.9 Å². The van der Waals surface area contributed by atoms with Crippen molar-refractivity contribution in [2.75, 3.05) is 13.7 Å². The van der Waals surface area contributed by atoms with Crippen molar-refractivity contribution in [1.29, 1.82) is 0 Å². The molecule has 2 heterocycles. The first kappa shape index (κ1) is 14.5. The van der Waals surface area contributed by atoms with Gasteiger partial charge in [0.2, 0.25) is 0 Å². The van der Waals surface area contributed by atoms with Gasteiger partial charge in [0.05, 0.1) is 6.61 Å². The largest absolute Gasteiger partial charge is 0.462 e. The molecule has 0 radical (unpaired) electrons. The predicted octanol–water partition coefficient (Wildman–Crippen LogP) is 1.93. The van der Waals surface area contributed by atoms with Crippen molar-refractivity contribution in [3.63, 3.8) is 0 Å². The van der Waals surface area contributed by atoms with E-state index in [1.165, 1.54) is 12.8 Å². The van der Waals surface area contributed by atoms with Crippen LogP contribution in [0.2, 0.25) is 0 Å². The zero-order valence-corrected chi connectivity index (χ0v) is 12.4. The van der Waals surface area contributed by atoms with Crippen molar-refractivity contribution in [3.8, 4) is 0 Å². The Morgan fingerprint density at radius 1 is 1.29 bits per heavy atom. The highest BCUT2D eigenvalue weighted by Crippen LogP contribution is 2.36. The van der Waals surface area contributed by atoms with E-state index in [-0.39, 0.29) is 18.7 Å². The van der Waals surface area contributed by atoms with Gasteiger partial charge in [-0.05, 0) is 38.3 Å². The van der Waals surface area contributed by atoms with E-state index in [9.17, 15) is 9.90 Å². The predicted molar refractivity (Wildman–Crippen MR) is 80.0 cm³/mol. The van der Waals surface area contributed by atoms with E-state index in [0.717, 1.165) is 18.4 Å². The minimum Gasteiger partial charge on any atom is -0.462 e. The number of aliphatic hydroxyl groups excluding tert-OH is 1. The first-order valence-electron chi connectivity index (χ1n) is 7.77. The van der Waals surface area contributed by atoms with Gasteiger partial charge in [0.15, 0.2) is 0 Å². The summed E-state index contributed by atoms with van der Waals surface area (Å²) >= 11 is 0. The van der Waals surface area contributed by atoms with Crippen LogP contribution in [0.15, 0.2) is 30.3 Å². The van der Waals surface area contributed by atoms with Crippen LogP contribution >= 0.6 is 0 Å². The summed E-state index contributed by atoms with van der Waals surface area (Å²) in [6.07, 6.45) is 4.26. The number of ether oxygens (including phenoxy) is 1. The van der Waals surface area contributed by atoms with Gasteiger partial charge >= 0.3 is 5.97 Å². The van der Waals surface area contributed by atoms with E-state index in [1.54, 1.807) is 0 Å². The molecular formula is C17H23NO3. The molecule has 114 valence electrons. The van der Waals surface area contributed by atoms with Crippen LogP contribution in [-0.4, -0.2) is 47.8 Å². The molecule has 0 spiro atoms. The number of carbonyl (C=O) groups is 1. The SMILES string of the molecule is CN1C2CC[C@@H]1C[C@@H](OC(=O)C(CO)c1ccccc1)C2. The Morgan fingerprint density at radius 2 is 1.90 bits per heavy atom. The number of benzene rings is 1. The Hall–Kier alpha value is -1.39. The highest BCUT2D eigenvalue weighted by atomic mass is 16.5. The number of carbonyl (C=O) groups excluding carboxylic acids is 1. The van der Waals surface area contributed by atoms with E-state index in [0.29, 0.717) is 12.1 Å². The molecule has 2 unspecified atom stereocenters. The Bertz CT molecular complexity index is 476. The number of rotatable bonds is 4. The third-order valence-corrected chi connectivity index (χ3v) is 5.01. The molecule has 2 bridgehead atoms. The van der Waals surface area contributed by atoms with Gasteiger partial charge in [0.25, 0.3) is 0 Å². The summed E-state index contributed by atoms with van der Waals surface area (Å²) in [4.78, 5) is 14.8. The van der Waals surface area contributed by atoms with Crippen LogP contribution in [0.25, 0.3) is 0 Å². The summed E-state index contributed by atoms with van der Waals surface area (Å²) in [5, 5.41) is 9.53. The van der Waals surface area contributed by atoms with Crippen LogP contribution in [0, 0.1) is 0 Å². The van der Waals surface area contributed by atoms with Gasteiger partial charge in [-0.15, -0.1) is 0 Å². The van der Waals surface area contributed by atoms with Crippen LogP contribution in [0.5, 0.6) is 0 Å². The van der Waals surface area contributed by atoms with Crippen molar-refractivity contribution in [1.82, 2.24) is 4.90 Å². The lowest BCUT2D eigenvalue weighted by Gasteiger charge is -2.36. The van der Waals surface area contributed by atoms with Crippen LogP contribution in [0.1, 0.15) is 37.2 Å². The Morgan fingerprint density at radius 3 is 2.48 bits per heavy atom. The van der Waals surface area contributed by atoms with Crippen LogP contribution in [0.3, 0.4) is 0 Å². The molecule has 0 amide bonds. The lowest BCUT2D eigenvalue weighted by molar-refractivity contribution is -0.155. The van der Waals surface area contributed by atoms with Crippen molar-refractivity contribution < 1.29 is 14.6 Å². The molecule has 2 fully saturated rings. The van der Waals surface area contributed by atoms with Crippen molar-refractivity contribution in [3.05, 3.63) is 35.9 Å². The summed E-state index contributed by atoms with van der Waals surface area (Å²) in [7, 11) is 2.17. The van der Waals surface area contributed by atoms with Gasteiger partial charge in [-0.25, -0.2) is 0 Å². The number of hydrogen-bond donors (Lipinski definition) is 1. The molecule has 0 aromatic heterocycles. The quantitative estimate of drug-likeness (QED) is 0.861. The minimum absolute atomic E-state index is 0.00367. The zero-order valence-electron chi connectivity index (χ0n) is 12.4. The minimum atomic E-state index is -0.566. The van der Waals surface area contributed by atoms with Gasteiger partial charge in [-0.1, -0.05) is 30.3 Å². The van der Waals surface area contributed by atoms with Gasteiger partial charge in [0, 0.05) is 12.1 Å². The molecular weight excluding hydrogens is 266 g/mol. The molecule has 2 aliphatic heterocycles. The van der Waals surface area contributed by atoms with Crippen LogP contribution in [-0.2, 0) is 9.53 Å². The zero-order chi connectivity index (χ0) is 14.8. The number of nitrogens with zero attached hydrogens (tertiary/aromatic N) is 1.